The number of hydrogen-bond acceptors (Lipinski definition) is 1. The Kier molecular flexibility index (Phi) is 5.38. The summed E-state index contributed by atoms with van der Waals surface area (Å²) in [7, 11) is 0. The number of hydrogen-bond donors (Lipinski definition) is 1. The summed E-state index contributed by atoms with van der Waals surface area (Å²) in [6, 6.07) is 7.71. The van der Waals surface area contributed by atoms with E-state index in [2.05, 4.69) is 27.7 Å². The number of benzene rings is 2. The Bertz CT molecular complexity index is 1030. The topological polar surface area (TPSA) is 37.3 Å². The SMILES string of the molecule is Cc1cc2c(cc1-c1cc(/C=C/C(=O)O)ccc1C(F)(F)F)C(C)(C)CCC2(C)C. The van der Waals surface area contributed by atoms with Crippen molar-refractivity contribution in [1.29, 1.82) is 0 Å². The fourth-order valence-electron chi connectivity index (χ4n) is 4.32. The molecule has 0 spiro atoms. The van der Waals surface area contributed by atoms with Gasteiger partial charge in [-0.05, 0) is 82.2 Å². The molecule has 0 radical (unpaired) electrons. The van der Waals surface area contributed by atoms with Gasteiger partial charge in [-0.3, -0.25) is 0 Å². The molecule has 0 saturated carbocycles. The van der Waals surface area contributed by atoms with Crippen LogP contribution >= 0.6 is 0 Å². The van der Waals surface area contributed by atoms with E-state index in [-0.39, 0.29) is 16.4 Å². The minimum Gasteiger partial charge on any atom is -0.478 e. The summed E-state index contributed by atoms with van der Waals surface area (Å²) in [5.74, 6) is -1.15. The molecule has 1 aliphatic rings. The van der Waals surface area contributed by atoms with Crippen molar-refractivity contribution in [1.82, 2.24) is 0 Å². The molecule has 30 heavy (non-hydrogen) atoms. The smallest absolute Gasteiger partial charge is 0.417 e. The molecule has 0 atom stereocenters. The average molecular weight is 416 g/mol. The van der Waals surface area contributed by atoms with E-state index in [9.17, 15) is 18.0 Å². The predicted molar refractivity (Wildman–Crippen MR) is 114 cm³/mol. The van der Waals surface area contributed by atoms with E-state index in [0.717, 1.165) is 36.1 Å². The van der Waals surface area contributed by atoms with Crippen molar-refractivity contribution < 1.29 is 23.1 Å². The second-order valence-electron chi connectivity index (χ2n) is 9.45. The summed E-state index contributed by atoms with van der Waals surface area (Å²) >= 11 is 0. The van der Waals surface area contributed by atoms with Crippen LogP contribution in [-0.2, 0) is 21.8 Å². The van der Waals surface area contributed by atoms with Crippen molar-refractivity contribution >= 4 is 12.0 Å². The van der Waals surface area contributed by atoms with E-state index < -0.39 is 17.7 Å². The third-order valence-electron chi connectivity index (χ3n) is 6.26. The molecule has 0 unspecified atom stereocenters. The van der Waals surface area contributed by atoms with Crippen LogP contribution in [0.3, 0.4) is 0 Å². The summed E-state index contributed by atoms with van der Waals surface area (Å²) in [4.78, 5) is 10.8. The van der Waals surface area contributed by atoms with Gasteiger partial charge in [-0.25, -0.2) is 4.79 Å². The zero-order chi connectivity index (χ0) is 22.5. The van der Waals surface area contributed by atoms with Crippen molar-refractivity contribution in [2.45, 2.75) is 64.5 Å². The second-order valence-corrected chi connectivity index (χ2v) is 9.45. The number of rotatable bonds is 3. The first-order valence-electron chi connectivity index (χ1n) is 10.0. The van der Waals surface area contributed by atoms with Crippen LogP contribution in [0.4, 0.5) is 13.2 Å². The molecule has 1 N–H and O–H groups in total. The molecule has 0 bridgehead atoms. The largest absolute Gasteiger partial charge is 0.478 e. The quantitative estimate of drug-likeness (QED) is 0.541. The van der Waals surface area contributed by atoms with Crippen LogP contribution in [-0.4, -0.2) is 11.1 Å². The van der Waals surface area contributed by atoms with Crippen molar-refractivity contribution in [3.05, 3.63) is 64.2 Å². The van der Waals surface area contributed by atoms with Gasteiger partial charge in [0.1, 0.15) is 0 Å². The number of aliphatic carboxylic acids is 1. The second kappa shape index (κ2) is 7.29. The Morgan fingerprint density at radius 3 is 2.07 bits per heavy atom. The standard InChI is InChI=1S/C25H27F3O2/c1-15-12-20-21(24(4,5)11-10-23(20,2)3)14-17(15)18-13-16(7-9-22(29)30)6-8-19(18)25(26,27)28/h6-9,12-14H,10-11H2,1-5H3,(H,29,30)/b9-7+. The molecule has 160 valence electrons. The highest BCUT2D eigenvalue weighted by atomic mass is 19.4. The Balaban J connectivity index is 2.29. The molecule has 0 fully saturated rings. The van der Waals surface area contributed by atoms with Gasteiger partial charge in [0.05, 0.1) is 5.56 Å². The van der Waals surface area contributed by atoms with E-state index >= 15 is 0 Å². The normalized spacial score (nSPS) is 17.7. The number of carboxylic acids is 1. The molecular weight excluding hydrogens is 389 g/mol. The summed E-state index contributed by atoms with van der Waals surface area (Å²) in [5, 5.41) is 8.86. The van der Waals surface area contributed by atoms with Crippen LogP contribution < -0.4 is 0 Å². The molecule has 2 aromatic rings. The zero-order valence-electron chi connectivity index (χ0n) is 17.9. The van der Waals surface area contributed by atoms with E-state index in [1.165, 1.54) is 23.8 Å². The predicted octanol–water partition coefficient (Wildman–Crippen LogP) is 7.13. The molecular formula is C25H27F3O2. The molecule has 2 nitrogen and oxygen atoms in total. The number of aryl methyl sites for hydroxylation is 1. The van der Waals surface area contributed by atoms with Gasteiger partial charge < -0.3 is 5.11 Å². The van der Waals surface area contributed by atoms with Gasteiger partial charge >= 0.3 is 12.1 Å². The molecule has 0 amide bonds. The molecule has 2 aromatic carbocycles. The molecule has 0 saturated heterocycles. The molecule has 0 aliphatic heterocycles. The summed E-state index contributed by atoms with van der Waals surface area (Å²) in [6.07, 6.45) is -0.288. The molecule has 3 rings (SSSR count). The Morgan fingerprint density at radius 1 is 0.967 bits per heavy atom. The van der Waals surface area contributed by atoms with Gasteiger partial charge in [0.2, 0.25) is 0 Å². The maximum atomic E-state index is 13.8. The number of carbonyl (C=O) groups is 1. The van der Waals surface area contributed by atoms with Gasteiger partial charge in [0, 0.05) is 6.08 Å². The minimum absolute atomic E-state index is 0.0346. The van der Waals surface area contributed by atoms with Crippen molar-refractivity contribution in [3.8, 4) is 11.1 Å². The molecule has 0 aromatic heterocycles. The number of halogens is 3. The maximum Gasteiger partial charge on any atom is 0.417 e. The lowest BCUT2D eigenvalue weighted by Crippen LogP contribution is -2.34. The highest BCUT2D eigenvalue weighted by molar-refractivity contribution is 5.86. The molecule has 1 aliphatic carbocycles. The van der Waals surface area contributed by atoms with Crippen molar-refractivity contribution in [2.24, 2.45) is 0 Å². The van der Waals surface area contributed by atoms with E-state index in [4.69, 9.17) is 5.11 Å². The fourth-order valence-corrected chi connectivity index (χ4v) is 4.32. The van der Waals surface area contributed by atoms with Gasteiger partial charge in [-0.2, -0.15) is 13.2 Å². The van der Waals surface area contributed by atoms with Crippen molar-refractivity contribution in [2.75, 3.05) is 0 Å². The number of alkyl halides is 3. The van der Waals surface area contributed by atoms with Gasteiger partial charge in [-0.15, -0.1) is 0 Å². The van der Waals surface area contributed by atoms with E-state index in [1.807, 2.05) is 19.1 Å². The average Bonchev–Trinajstić information content (AvgIpc) is 2.62. The van der Waals surface area contributed by atoms with Crippen LogP contribution in [0.1, 0.15) is 68.4 Å². The van der Waals surface area contributed by atoms with E-state index in [1.54, 1.807) is 0 Å². The lowest BCUT2D eigenvalue weighted by molar-refractivity contribution is -0.137. The zero-order valence-corrected chi connectivity index (χ0v) is 17.9. The van der Waals surface area contributed by atoms with Crippen LogP contribution in [0, 0.1) is 6.92 Å². The lowest BCUT2D eigenvalue weighted by atomic mass is 9.62. The fraction of sp³-hybridized carbons (Fsp3) is 0.400. The highest BCUT2D eigenvalue weighted by Gasteiger charge is 2.39. The first kappa shape index (κ1) is 22.1. The van der Waals surface area contributed by atoms with Crippen LogP contribution in [0.25, 0.3) is 17.2 Å². The van der Waals surface area contributed by atoms with Gasteiger partial charge in [0.15, 0.2) is 0 Å². The molecule has 0 heterocycles. The summed E-state index contributed by atoms with van der Waals surface area (Å²) in [5.41, 5.74) is 3.20. The highest BCUT2D eigenvalue weighted by Crippen LogP contribution is 2.48. The van der Waals surface area contributed by atoms with E-state index in [0.29, 0.717) is 11.1 Å². The monoisotopic (exact) mass is 416 g/mol. The Labute approximate surface area is 175 Å². The minimum atomic E-state index is -4.51. The Hall–Kier alpha value is -2.56. The van der Waals surface area contributed by atoms with Crippen molar-refractivity contribution in [3.63, 3.8) is 0 Å². The summed E-state index contributed by atoms with van der Waals surface area (Å²) in [6.45, 7) is 10.5. The molecule has 5 heteroatoms. The summed E-state index contributed by atoms with van der Waals surface area (Å²) < 4.78 is 41.4. The number of carboxylic acid groups (broad SMARTS) is 1. The van der Waals surface area contributed by atoms with Crippen LogP contribution in [0.15, 0.2) is 36.4 Å². The van der Waals surface area contributed by atoms with Gasteiger partial charge in [0.25, 0.3) is 0 Å². The lowest BCUT2D eigenvalue weighted by Gasteiger charge is -2.42. The van der Waals surface area contributed by atoms with Gasteiger partial charge in [-0.1, -0.05) is 45.9 Å². The van der Waals surface area contributed by atoms with Crippen LogP contribution in [0.2, 0.25) is 0 Å². The Morgan fingerprint density at radius 2 is 1.53 bits per heavy atom. The first-order chi connectivity index (χ1) is 13.7. The van der Waals surface area contributed by atoms with Crippen LogP contribution in [0.5, 0.6) is 0 Å². The third kappa shape index (κ3) is 4.16. The maximum absolute atomic E-state index is 13.8. The number of fused-ring (bicyclic) bond motifs is 1. The first-order valence-corrected chi connectivity index (χ1v) is 10.0. The third-order valence-corrected chi connectivity index (χ3v) is 6.26.